The lowest BCUT2D eigenvalue weighted by molar-refractivity contribution is 0.122. The Labute approximate surface area is 180 Å². The number of hydrogen-bond acceptors (Lipinski definition) is 8. The Bertz CT molecular complexity index is 885. The molecular weight excluding hydrogens is 404 g/mol. The summed E-state index contributed by atoms with van der Waals surface area (Å²) in [5.74, 6) is 2.88. The van der Waals surface area contributed by atoms with E-state index in [1.54, 1.807) is 6.20 Å². The minimum Gasteiger partial charge on any atom is -0.378 e. The minimum atomic E-state index is -2.59. The number of nitrogens with one attached hydrogen (secondary N) is 1. The zero-order chi connectivity index (χ0) is 21.2. The molecule has 1 unspecified atom stereocenters. The molecule has 1 atom stereocenters. The monoisotopic (exact) mass is 431 g/mol. The zero-order valence-corrected chi connectivity index (χ0v) is 17.4. The van der Waals surface area contributed by atoms with E-state index in [9.17, 15) is 8.78 Å². The molecule has 10 heteroatoms. The Kier molecular flexibility index (Phi) is 5.80. The van der Waals surface area contributed by atoms with E-state index in [4.69, 9.17) is 4.74 Å². The molecule has 3 aliphatic rings. The first-order chi connectivity index (χ1) is 15.2. The molecule has 0 radical (unpaired) electrons. The quantitative estimate of drug-likeness (QED) is 0.748. The Morgan fingerprint density at radius 1 is 1.03 bits per heavy atom. The molecule has 4 heterocycles. The van der Waals surface area contributed by atoms with Crippen molar-refractivity contribution in [2.45, 2.75) is 44.1 Å². The van der Waals surface area contributed by atoms with Gasteiger partial charge >= 0.3 is 0 Å². The fourth-order valence-electron chi connectivity index (χ4n) is 4.13. The molecule has 1 aliphatic carbocycles. The molecule has 0 amide bonds. The van der Waals surface area contributed by atoms with E-state index in [1.165, 1.54) is 6.07 Å². The first-order valence-corrected chi connectivity index (χ1v) is 11.0. The van der Waals surface area contributed by atoms with Crippen LogP contribution in [0.4, 0.5) is 26.4 Å². The van der Waals surface area contributed by atoms with Gasteiger partial charge in [-0.05, 0) is 31.7 Å². The summed E-state index contributed by atoms with van der Waals surface area (Å²) >= 11 is 0. The summed E-state index contributed by atoms with van der Waals surface area (Å²) in [4.78, 5) is 22.0. The van der Waals surface area contributed by atoms with E-state index >= 15 is 0 Å². The van der Waals surface area contributed by atoms with Gasteiger partial charge in [-0.2, -0.15) is 4.98 Å². The highest BCUT2D eigenvalue weighted by Gasteiger charge is 2.30. The second-order valence-electron chi connectivity index (χ2n) is 8.35. The van der Waals surface area contributed by atoms with Crippen LogP contribution in [0.5, 0.6) is 0 Å². The number of aromatic nitrogens is 4. The number of ether oxygens (including phenoxy) is 1. The van der Waals surface area contributed by atoms with Crippen LogP contribution in [-0.2, 0) is 4.74 Å². The van der Waals surface area contributed by atoms with Gasteiger partial charge in [-0.25, -0.2) is 23.7 Å². The van der Waals surface area contributed by atoms with Crippen molar-refractivity contribution in [3.8, 4) is 0 Å². The topological polar surface area (TPSA) is 79.3 Å². The standard InChI is InChI=1S/C21H27F2N7O/c22-19(23)16-12-18(28-20(26-16)14-3-4-14)30-7-1-2-15(13-30)25-17-5-6-24-21(27-17)29-8-10-31-11-9-29/h5-6,12,14-15,19H,1-4,7-11,13H2,(H,24,25,27). The molecule has 2 saturated heterocycles. The number of hydrogen-bond donors (Lipinski definition) is 1. The first kappa shape index (κ1) is 20.3. The largest absolute Gasteiger partial charge is 0.378 e. The summed E-state index contributed by atoms with van der Waals surface area (Å²) in [6, 6.07) is 3.46. The molecular formula is C21H27F2N7O. The van der Waals surface area contributed by atoms with Crippen molar-refractivity contribution in [2.75, 3.05) is 54.5 Å². The lowest BCUT2D eigenvalue weighted by Crippen LogP contribution is -2.43. The number of nitrogens with zero attached hydrogens (tertiary/aromatic N) is 6. The van der Waals surface area contributed by atoms with Crippen LogP contribution in [0.3, 0.4) is 0 Å². The van der Waals surface area contributed by atoms with Crippen LogP contribution in [0.1, 0.15) is 49.5 Å². The van der Waals surface area contributed by atoms with Gasteiger partial charge in [0.2, 0.25) is 5.95 Å². The van der Waals surface area contributed by atoms with Crippen LogP contribution >= 0.6 is 0 Å². The van der Waals surface area contributed by atoms with E-state index in [0.717, 1.165) is 51.1 Å². The summed E-state index contributed by atoms with van der Waals surface area (Å²) < 4.78 is 32.2. The summed E-state index contributed by atoms with van der Waals surface area (Å²) in [5.41, 5.74) is -0.173. The van der Waals surface area contributed by atoms with E-state index in [2.05, 4.69) is 35.1 Å². The maximum Gasteiger partial charge on any atom is 0.280 e. The number of piperidine rings is 1. The second-order valence-corrected chi connectivity index (χ2v) is 8.35. The molecule has 3 fully saturated rings. The predicted octanol–water partition coefficient (Wildman–Crippen LogP) is 3.00. The molecule has 1 saturated carbocycles. The van der Waals surface area contributed by atoms with Crippen LogP contribution < -0.4 is 15.1 Å². The lowest BCUT2D eigenvalue weighted by Gasteiger charge is -2.34. The van der Waals surface area contributed by atoms with E-state index in [-0.39, 0.29) is 17.7 Å². The van der Waals surface area contributed by atoms with Gasteiger partial charge in [0.1, 0.15) is 23.2 Å². The van der Waals surface area contributed by atoms with Crippen LogP contribution in [0.15, 0.2) is 18.3 Å². The van der Waals surface area contributed by atoms with Crippen LogP contribution in [-0.4, -0.2) is 65.4 Å². The van der Waals surface area contributed by atoms with Crippen molar-refractivity contribution in [1.82, 2.24) is 19.9 Å². The fourth-order valence-corrected chi connectivity index (χ4v) is 4.13. The number of alkyl halides is 2. The smallest absolute Gasteiger partial charge is 0.280 e. The minimum absolute atomic E-state index is 0.149. The molecule has 0 bridgehead atoms. The lowest BCUT2D eigenvalue weighted by atomic mass is 10.1. The predicted molar refractivity (Wildman–Crippen MR) is 113 cm³/mol. The zero-order valence-electron chi connectivity index (χ0n) is 17.4. The molecule has 0 spiro atoms. The van der Waals surface area contributed by atoms with Gasteiger partial charge in [0.05, 0.1) is 13.2 Å². The van der Waals surface area contributed by atoms with E-state index < -0.39 is 6.43 Å². The van der Waals surface area contributed by atoms with Gasteiger partial charge < -0.3 is 19.9 Å². The average molecular weight is 431 g/mol. The van der Waals surface area contributed by atoms with E-state index in [0.29, 0.717) is 37.3 Å². The van der Waals surface area contributed by atoms with Crippen molar-refractivity contribution < 1.29 is 13.5 Å². The van der Waals surface area contributed by atoms with Crippen molar-refractivity contribution in [1.29, 1.82) is 0 Å². The summed E-state index contributed by atoms with van der Waals surface area (Å²) in [6.45, 7) is 4.40. The Balaban J connectivity index is 1.29. The van der Waals surface area contributed by atoms with Gasteiger partial charge in [0.15, 0.2) is 0 Å². The van der Waals surface area contributed by atoms with Crippen LogP contribution in [0.2, 0.25) is 0 Å². The number of morpholine rings is 1. The summed E-state index contributed by atoms with van der Waals surface area (Å²) in [5, 5.41) is 3.50. The molecule has 166 valence electrons. The molecule has 2 aliphatic heterocycles. The van der Waals surface area contributed by atoms with Gasteiger partial charge in [0, 0.05) is 50.4 Å². The maximum atomic E-state index is 13.4. The molecule has 2 aromatic heterocycles. The second kappa shape index (κ2) is 8.86. The summed E-state index contributed by atoms with van der Waals surface area (Å²) in [6.07, 6.45) is 3.08. The molecule has 31 heavy (non-hydrogen) atoms. The number of halogens is 2. The average Bonchev–Trinajstić information content (AvgIpc) is 3.65. The van der Waals surface area contributed by atoms with Crippen LogP contribution in [0, 0.1) is 0 Å². The summed E-state index contributed by atoms with van der Waals surface area (Å²) in [7, 11) is 0. The normalized spacial score (nSPS) is 22.1. The van der Waals surface area contributed by atoms with Gasteiger partial charge in [-0.1, -0.05) is 0 Å². The van der Waals surface area contributed by atoms with Gasteiger partial charge in [-0.15, -0.1) is 0 Å². The van der Waals surface area contributed by atoms with Gasteiger partial charge in [-0.3, -0.25) is 0 Å². The highest BCUT2D eigenvalue weighted by molar-refractivity contribution is 5.45. The van der Waals surface area contributed by atoms with Crippen molar-refractivity contribution in [3.05, 3.63) is 29.8 Å². The number of anilines is 3. The Morgan fingerprint density at radius 2 is 1.87 bits per heavy atom. The third-order valence-corrected chi connectivity index (χ3v) is 5.95. The third kappa shape index (κ3) is 4.84. The van der Waals surface area contributed by atoms with Gasteiger partial charge in [0.25, 0.3) is 6.43 Å². The Morgan fingerprint density at radius 3 is 2.65 bits per heavy atom. The fraction of sp³-hybridized carbons (Fsp3) is 0.619. The molecule has 8 nitrogen and oxygen atoms in total. The molecule has 2 aromatic rings. The van der Waals surface area contributed by atoms with Crippen LogP contribution in [0.25, 0.3) is 0 Å². The molecule has 0 aromatic carbocycles. The first-order valence-electron chi connectivity index (χ1n) is 11.0. The highest BCUT2D eigenvalue weighted by Crippen LogP contribution is 2.39. The third-order valence-electron chi connectivity index (χ3n) is 5.95. The van der Waals surface area contributed by atoms with Crippen molar-refractivity contribution in [2.24, 2.45) is 0 Å². The van der Waals surface area contributed by atoms with Crippen molar-refractivity contribution >= 4 is 17.6 Å². The Hall–Kier alpha value is -2.62. The maximum absolute atomic E-state index is 13.4. The number of rotatable bonds is 6. The highest BCUT2D eigenvalue weighted by atomic mass is 19.3. The molecule has 1 N–H and O–H groups in total. The van der Waals surface area contributed by atoms with Crippen molar-refractivity contribution in [3.63, 3.8) is 0 Å². The molecule has 5 rings (SSSR count). The SMILES string of the molecule is FC(F)c1cc(N2CCCC(Nc3ccnc(N4CCOCC4)n3)C2)nc(C2CC2)n1. The van der Waals surface area contributed by atoms with E-state index in [1.807, 2.05) is 6.07 Å².